The molecule has 0 radical (unpaired) electrons. The summed E-state index contributed by atoms with van der Waals surface area (Å²) in [6.07, 6.45) is 2.20. The molecule has 1 fully saturated rings. The predicted molar refractivity (Wildman–Crippen MR) is 109 cm³/mol. The van der Waals surface area contributed by atoms with Gasteiger partial charge in [-0.05, 0) is 74.2 Å². The summed E-state index contributed by atoms with van der Waals surface area (Å²) in [6, 6.07) is 5.52. The van der Waals surface area contributed by atoms with Crippen LogP contribution in [0.15, 0.2) is 32.0 Å². The minimum absolute atomic E-state index is 0.302. The molecule has 2 rings (SSSR count). The van der Waals surface area contributed by atoms with Crippen molar-refractivity contribution in [2.45, 2.75) is 30.7 Å². The van der Waals surface area contributed by atoms with Gasteiger partial charge in [-0.3, -0.25) is 4.90 Å². The second-order valence-electron chi connectivity index (χ2n) is 6.67. The van der Waals surface area contributed by atoms with E-state index in [4.69, 9.17) is 0 Å². The normalized spacial score (nSPS) is 19.2. The first kappa shape index (κ1) is 21.3. The van der Waals surface area contributed by atoms with Gasteiger partial charge in [-0.15, -0.1) is 0 Å². The largest absolute Gasteiger partial charge is 0.308 e. The lowest BCUT2D eigenvalue weighted by Crippen LogP contribution is -2.45. The van der Waals surface area contributed by atoms with Crippen LogP contribution in [0, 0.1) is 0 Å². The molecule has 0 N–H and O–H groups in total. The van der Waals surface area contributed by atoms with Gasteiger partial charge in [0.15, 0.2) is 0 Å². The summed E-state index contributed by atoms with van der Waals surface area (Å²) in [6.45, 7) is 5.91. The fraction of sp³-hybridized carbons (Fsp3) is 0.647. The number of rotatable bonds is 8. The van der Waals surface area contributed by atoms with Gasteiger partial charge in [0.2, 0.25) is 10.0 Å². The molecule has 1 aromatic rings. The van der Waals surface area contributed by atoms with Crippen molar-refractivity contribution in [3.8, 4) is 0 Å². The van der Waals surface area contributed by atoms with E-state index in [0.717, 1.165) is 30.4 Å². The molecule has 8 heteroatoms. The van der Waals surface area contributed by atoms with E-state index in [0.29, 0.717) is 35.0 Å². The first-order valence-corrected chi connectivity index (χ1v) is 11.6. The second kappa shape index (κ2) is 9.28. The van der Waals surface area contributed by atoms with Crippen LogP contribution in [0.1, 0.15) is 19.8 Å². The minimum atomic E-state index is -3.55. The van der Waals surface area contributed by atoms with Crippen molar-refractivity contribution >= 4 is 41.9 Å². The standard InChI is InChI=1S/C17H27Br2N3O2S/c1-4-21-9-5-6-15(21)13-22(11-10-20(2)3)25(23,24)17-8-7-14(18)12-16(17)19/h7-8,12,15H,4-6,9-11,13H2,1-3H3. The Kier molecular flexibility index (Phi) is 7.91. The highest BCUT2D eigenvalue weighted by Gasteiger charge is 2.32. The van der Waals surface area contributed by atoms with Crippen LogP contribution < -0.4 is 0 Å². The van der Waals surface area contributed by atoms with Crippen molar-refractivity contribution < 1.29 is 8.42 Å². The summed E-state index contributed by atoms with van der Waals surface area (Å²) < 4.78 is 29.7. The molecule has 1 saturated heterocycles. The number of likely N-dealkylation sites (tertiary alicyclic amines) is 1. The van der Waals surface area contributed by atoms with Crippen LogP contribution in [0.25, 0.3) is 0 Å². The fourth-order valence-electron chi connectivity index (χ4n) is 3.20. The Morgan fingerprint density at radius 3 is 2.56 bits per heavy atom. The maximum Gasteiger partial charge on any atom is 0.244 e. The Morgan fingerprint density at radius 1 is 1.24 bits per heavy atom. The third-order valence-electron chi connectivity index (χ3n) is 4.63. The van der Waals surface area contributed by atoms with Gasteiger partial charge in [-0.1, -0.05) is 22.9 Å². The highest BCUT2D eigenvalue weighted by atomic mass is 79.9. The Morgan fingerprint density at radius 2 is 1.96 bits per heavy atom. The zero-order valence-electron chi connectivity index (χ0n) is 15.1. The number of likely N-dealkylation sites (N-methyl/N-ethyl adjacent to an activating group) is 2. The molecule has 0 aliphatic carbocycles. The summed E-state index contributed by atoms with van der Waals surface area (Å²) in [4.78, 5) is 4.73. The molecule has 0 amide bonds. The summed E-state index contributed by atoms with van der Waals surface area (Å²) in [5, 5.41) is 0. The first-order chi connectivity index (χ1) is 11.8. The van der Waals surface area contributed by atoms with Crippen molar-refractivity contribution in [3.63, 3.8) is 0 Å². The lowest BCUT2D eigenvalue weighted by molar-refractivity contribution is 0.220. The van der Waals surface area contributed by atoms with Gasteiger partial charge in [0, 0.05) is 34.6 Å². The quantitative estimate of drug-likeness (QED) is 0.554. The third kappa shape index (κ3) is 5.49. The van der Waals surface area contributed by atoms with E-state index in [1.807, 2.05) is 19.0 Å². The molecular formula is C17H27Br2N3O2S. The van der Waals surface area contributed by atoms with E-state index in [1.54, 1.807) is 22.5 Å². The fourth-order valence-corrected chi connectivity index (χ4v) is 6.37. The molecule has 25 heavy (non-hydrogen) atoms. The van der Waals surface area contributed by atoms with Crippen LogP contribution in [0.4, 0.5) is 0 Å². The molecule has 1 unspecified atom stereocenters. The molecule has 1 heterocycles. The number of hydrogen-bond acceptors (Lipinski definition) is 4. The van der Waals surface area contributed by atoms with Crippen LogP contribution in [0.3, 0.4) is 0 Å². The maximum absolute atomic E-state index is 13.3. The molecule has 1 aliphatic heterocycles. The zero-order chi connectivity index (χ0) is 18.6. The van der Waals surface area contributed by atoms with E-state index in [9.17, 15) is 8.42 Å². The minimum Gasteiger partial charge on any atom is -0.308 e. The van der Waals surface area contributed by atoms with Gasteiger partial charge in [0.05, 0.1) is 4.90 Å². The molecule has 1 atom stereocenters. The summed E-state index contributed by atoms with van der Waals surface area (Å²) >= 11 is 6.80. The van der Waals surface area contributed by atoms with Crippen LogP contribution in [0.2, 0.25) is 0 Å². The smallest absolute Gasteiger partial charge is 0.244 e. The zero-order valence-corrected chi connectivity index (χ0v) is 19.1. The molecular weight excluding hydrogens is 470 g/mol. The van der Waals surface area contributed by atoms with Crippen molar-refractivity contribution in [2.75, 3.05) is 46.8 Å². The number of benzene rings is 1. The lowest BCUT2D eigenvalue weighted by atomic mass is 10.2. The summed E-state index contributed by atoms with van der Waals surface area (Å²) in [5.74, 6) is 0. The summed E-state index contributed by atoms with van der Waals surface area (Å²) in [5.41, 5.74) is 0. The van der Waals surface area contributed by atoms with Crippen molar-refractivity contribution in [1.29, 1.82) is 0 Å². The Bertz CT molecular complexity index is 682. The Hall–Kier alpha value is 0.01000. The number of sulfonamides is 1. The van der Waals surface area contributed by atoms with Gasteiger partial charge in [-0.25, -0.2) is 8.42 Å². The second-order valence-corrected chi connectivity index (χ2v) is 10.3. The highest BCUT2D eigenvalue weighted by molar-refractivity contribution is 9.11. The average molecular weight is 497 g/mol. The molecule has 1 aromatic carbocycles. The number of nitrogens with zero attached hydrogens (tertiary/aromatic N) is 3. The summed E-state index contributed by atoms with van der Waals surface area (Å²) in [7, 11) is 0.382. The van der Waals surface area contributed by atoms with Crippen LogP contribution in [0.5, 0.6) is 0 Å². The average Bonchev–Trinajstić information content (AvgIpc) is 2.97. The maximum atomic E-state index is 13.3. The van der Waals surface area contributed by atoms with E-state index in [2.05, 4.69) is 43.7 Å². The molecule has 0 saturated carbocycles. The van der Waals surface area contributed by atoms with Gasteiger partial charge in [0.1, 0.15) is 0 Å². The third-order valence-corrected chi connectivity index (χ3v) is 7.96. The van der Waals surface area contributed by atoms with Crippen LogP contribution in [-0.2, 0) is 10.0 Å². The molecule has 1 aliphatic rings. The Balaban J connectivity index is 2.29. The van der Waals surface area contributed by atoms with Gasteiger partial charge >= 0.3 is 0 Å². The first-order valence-electron chi connectivity index (χ1n) is 8.59. The van der Waals surface area contributed by atoms with Crippen molar-refractivity contribution in [2.24, 2.45) is 0 Å². The Labute approximate surface area is 168 Å². The topological polar surface area (TPSA) is 43.9 Å². The molecule has 0 bridgehead atoms. The predicted octanol–water partition coefficient (Wildman–Crippen LogP) is 3.25. The van der Waals surface area contributed by atoms with Crippen molar-refractivity contribution in [3.05, 3.63) is 27.1 Å². The van der Waals surface area contributed by atoms with Crippen LogP contribution in [-0.4, -0.2) is 75.4 Å². The van der Waals surface area contributed by atoms with E-state index in [1.165, 1.54) is 0 Å². The van der Waals surface area contributed by atoms with E-state index in [-0.39, 0.29) is 0 Å². The number of halogens is 2. The number of hydrogen-bond donors (Lipinski definition) is 0. The lowest BCUT2D eigenvalue weighted by Gasteiger charge is -2.30. The molecule has 142 valence electrons. The van der Waals surface area contributed by atoms with Gasteiger partial charge < -0.3 is 4.90 Å². The van der Waals surface area contributed by atoms with Crippen LogP contribution >= 0.6 is 31.9 Å². The molecule has 0 spiro atoms. The van der Waals surface area contributed by atoms with Crippen molar-refractivity contribution in [1.82, 2.24) is 14.1 Å². The highest BCUT2D eigenvalue weighted by Crippen LogP contribution is 2.29. The molecule has 5 nitrogen and oxygen atoms in total. The molecule has 0 aromatic heterocycles. The van der Waals surface area contributed by atoms with Gasteiger partial charge in [0.25, 0.3) is 0 Å². The van der Waals surface area contributed by atoms with E-state index < -0.39 is 10.0 Å². The SMILES string of the molecule is CCN1CCCC1CN(CCN(C)C)S(=O)(=O)c1ccc(Br)cc1Br. The monoisotopic (exact) mass is 495 g/mol. The van der Waals surface area contributed by atoms with Gasteiger partial charge in [-0.2, -0.15) is 4.31 Å². The van der Waals surface area contributed by atoms with E-state index >= 15 is 0 Å².